The van der Waals surface area contributed by atoms with Gasteiger partial charge in [-0.3, -0.25) is 9.59 Å². The Balaban J connectivity index is 0. The number of carbonyl (C=O) groups is 5. The molecule has 11 heteroatoms. The normalized spacial score (nSPS) is 10.9. The van der Waals surface area contributed by atoms with E-state index < -0.39 is 42.2 Å². The molecule has 0 aliphatic carbocycles. The van der Waals surface area contributed by atoms with Gasteiger partial charge in [0, 0.05) is 31.3 Å². The number of amides is 2. The number of carboxylic acids is 3. The van der Waals surface area contributed by atoms with Crippen LogP contribution in [0.1, 0.15) is 44.9 Å². The van der Waals surface area contributed by atoms with Crippen LogP contribution in [0.15, 0.2) is 0 Å². The van der Waals surface area contributed by atoms with Crippen LogP contribution >= 0.6 is 0 Å². The topological polar surface area (TPSA) is 176 Å². The fourth-order valence-electron chi connectivity index (χ4n) is 1.74. The van der Waals surface area contributed by atoms with Crippen molar-refractivity contribution in [3.8, 4) is 0 Å². The molecule has 0 heterocycles. The fourth-order valence-corrected chi connectivity index (χ4v) is 1.74. The molecule has 0 rings (SSSR count). The van der Waals surface area contributed by atoms with Crippen LogP contribution in [0.5, 0.6) is 0 Å². The van der Waals surface area contributed by atoms with E-state index in [2.05, 4.69) is 10.6 Å². The summed E-state index contributed by atoms with van der Waals surface area (Å²) in [5.74, 6) is -5.09. The molecule has 0 aromatic rings. The Morgan fingerprint density at radius 1 is 0.840 bits per heavy atom. The van der Waals surface area contributed by atoms with Crippen LogP contribution in [0.4, 0.5) is 0 Å². The Morgan fingerprint density at radius 3 is 1.84 bits per heavy atom. The van der Waals surface area contributed by atoms with Crippen molar-refractivity contribution in [2.75, 3.05) is 6.54 Å². The number of rotatable bonds is 13. The summed E-state index contributed by atoms with van der Waals surface area (Å²) in [5.41, 5.74) is 0. The predicted octanol–water partition coefficient (Wildman–Crippen LogP) is -3.48. The molecule has 25 heavy (non-hydrogen) atoms. The first-order valence-corrected chi connectivity index (χ1v) is 7.41. The average Bonchev–Trinajstić information content (AvgIpc) is 2.49. The van der Waals surface area contributed by atoms with E-state index in [0.29, 0.717) is 12.8 Å². The minimum absolute atomic E-state index is 0. The van der Waals surface area contributed by atoms with Crippen LogP contribution in [0.3, 0.4) is 0 Å². The van der Waals surface area contributed by atoms with E-state index in [1.54, 1.807) is 0 Å². The van der Waals surface area contributed by atoms with Gasteiger partial charge in [-0.05, 0) is 32.1 Å². The van der Waals surface area contributed by atoms with Crippen molar-refractivity contribution in [1.82, 2.24) is 10.6 Å². The van der Waals surface area contributed by atoms with Crippen LogP contribution in [0.25, 0.3) is 0 Å². The van der Waals surface area contributed by atoms with E-state index in [-0.39, 0.29) is 70.0 Å². The third kappa shape index (κ3) is 15.9. The van der Waals surface area contributed by atoms with Crippen molar-refractivity contribution < 1.29 is 39.3 Å². The van der Waals surface area contributed by atoms with Gasteiger partial charge >= 0.3 is 43.7 Å². The van der Waals surface area contributed by atoms with Gasteiger partial charge in [-0.1, -0.05) is 0 Å². The maximum atomic E-state index is 11.4. The maximum Gasteiger partial charge on any atom is 2.00 e. The predicted molar refractivity (Wildman–Crippen MR) is 80.7 cm³/mol. The summed E-state index contributed by atoms with van der Waals surface area (Å²) >= 11 is 0. The molecule has 0 spiro atoms. The molecule has 1 atom stereocenters. The quantitative estimate of drug-likeness (QED) is 0.217. The summed E-state index contributed by atoms with van der Waals surface area (Å²) in [6, 6.07) is -1.15. The monoisotopic (exact) mass is 384 g/mol. The molecule has 3 N–H and O–H groups in total. The molecule has 0 saturated carbocycles. The third-order valence-corrected chi connectivity index (χ3v) is 2.99. The molecule has 0 radical (unpaired) electrons. The molecule has 0 fully saturated rings. The number of nitrogens with one attached hydrogen (secondary N) is 2. The molecule has 0 saturated heterocycles. The smallest absolute Gasteiger partial charge is 0.550 e. The van der Waals surface area contributed by atoms with Gasteiger partial charge in [-0.25, -0.2) is 4.79 Å². The summed E-state index contributed by atoms with van der Waals surface area (Å²) < 4.78 is 0. The van der Waals surface area contributed by atoms with E-state index in [1.807, 2.05) is 0 Å². The molecule has 10 nitrogen and oxygen atoms in total. The standard InChI is InChI=1S/C14H22N2O8.Ca/c17-10(4-6-12(19)20)15-8-2-1-3-9(14(23)24)16-11(18)5-7-13(21)22;/h9H,1-8H2,(H,15,17)(H,16,18)(H,19,20)(H,21,22)(H,23,24);/q;+2/p-2/t9-;/m0./s1. The van der Waals surface area contributed by atoms with Gasteiger partial charge < -0.3 is 35.5 Å². The minimum Gasteiger partial charge on any atom is -0.550 e. The summed E-state index contributed by atoms with van der Waals surface area (Å²) in [4.78, 5) is 54.0. The Kier molecular flexibility index (Phi) is 15.4. The van der Waals surface area contributed by atoms with E-state index in [9.17, 15) is 34.2 Å². The molecule has 2 amide bonds. The number of hydrogen-bond donors (Lipinski definition) is 3. The number of carbonyl (C=O) groups excluding carboxylic acids is 4. The van der Waals surface area contributed by atoms with E-state index >= 15 is 0 Å². The first-order chi connectivity index (χ1) is 11.2. The first kappa shape index (κ1) is 25.8. The molecular formula is C14H20CaN2O8. The van der Waals surface area contributed by atoms with Crippen molar-refractivity contribution >= 4 is 67.5 Å². The minimum atomic E-state index is -1.40. The number of carboxylic acid groups (broad SMARTS) is 3. The van der Waals surface area contributed by atoms with Crippen LogP contribution in [-0.4, -0.2) is 85.2 Å². The van der Waals surface area contributed by atoms with Gasteiger partial charge in [-0.2, -0.15) is 0 Å². The molecule has 0 aliphatic rings. The van der Waals surface area contributed by atoms with Crippen molar-refractivity contribution in [2.45, 2.75) is 51.0 Å². The molecule has 0 bridgehead atoms. The molecule has 0 unspecified atom stereocenters. The summed E-state index contributed by atoms with van der Waals surface area (Å²) in [6.45, 7) is 0.247. The van der Waals surface area contributed by atoms with Crippen LogP contribution < -0.4 is 20.8 Å². The zero-order valence-electron chi connectivity index (χ0n) is 13.7. The van der Waals surface area contributed by atoms with Gasteiger partial charge in [0.2, 0.25) is 11.8 Å². The second-order valence-electron chi connectivity index (χ2n) is 5.05. The largest absolute Gasteiger partial charge is 2.00 e. The zero-order chi connectivity index (χ0) is 18.5. The molecule has 0 aromatic heterocycles. The number of hydrogen-bond acceptors (Lipinski definition) is 7. The van der Waals surface area contributed by atoms with Crippen LogP contribution in [-0.2, 0) is 24.0 Å². The Labute approximate surface area is 174 Å². The van der Waals surface area contributed by atoms with Gasteiger partial charge in [0.25, 0.3) is 0 Å². The maximum absolute atomic E-state index is 11.4. The van der Waals surface area contributed by atoms with Gasteiger partial charge in [-0.15, -0.1) is 0 Å². The fraction of sp³-hybridized carbons (Fsp3) is 0.643. The second kappa shape index (κ2) is 14.9. The Hall–Kier alpha value is -1.39. The first-order valence-electron chi connectivity index (χ1n) is 7.41. The molecular weight excluding hydrogens is 364 g/mol. The SMILES string of the molecule is O=C([O-])CCC(=O)NCCCC[C@H](NC(=O)CCC(=O)[O-])C(=O)O.[Ca+2]. The Morgan fingerprint density at radius 2 is 1.36 bits per heavy atom. The van der Waals surface area contributed by atoms with E-state index in [4.69, 9.17) is 5.11 Å². The molecule has 0 aliphatic heterocycles. The average molecular weight is 384 g/mol. The van der Waals surface area contributed by atoms with E-state index in [1.165, 1.54) is 0 Å². The van der Waals surface area contributed by atoms with Gasteiger partial charge in [0.15, 0.2) is 0 Å². The molecule has 136 valence electrons. The number of unbranched alkanes of at least 4 members (excludes halogenated alkanes) is 1. The van der Waals surface area contributed by atoms with Crippen molar-refractivity contribution in [1.29, 1.82) is 0 Å². The molecule has 0 aromatic carbocycles. The van der Waals surface area contributed by atoms with Crippen LogP contribution in [0, 0.1) is 0 Å². The van der Waals surface area contributed by atoms with Crippen molar-refractivity contribution in [3.63, 3.8) is 0 Å². The van der Waals surface area contributed by atoms with E-state index in [0.717, 1.165) is 0 Å². The zero-order valence-corrected chi connectivity index (χ0v) is 16.0. The summed E-state index contributed by atoms with van der Waals surface area (Å²) in [5, 5.41) is 34.1. The summed E-state index contributed by atoms with van der Waals surface area (Å²) in [6.07, 6.45) is -0.467. The number of aliphatic carboxylic acids is 3. The van der Waals surface area contributed by atoms with Gasteiger partial charge in [0.05, 0.1) is 0 Å². The third-order valence-electron chi connectivity index (χ3n) is 2.99. The van der Waals surface area contributed by atoms with Crippen LogP contribution in [0.2, 0.25) is 0 Å². The Bertz CT molecular complexity index is 483. The summed E-state index contributed by atoms with van der Waals surface area (Å²) in [7, 11) is 0. The van der Waals surface area contributed by atoms with Gasteiger partial charge in [0.1, 0.15) is 6.04 Å². The van der Waals surface area contributed by atoms with Crippen molar-refractivity contribution in [2.24, 2.45) is 0 Å². The second-order valence-corrected chi connectivity index (χ2v) is 5.05. The van der Waals surface area contributed by atoms with Crippen molar-refractivity contribution in [3.05, 3.63) is 0 Å².